The highest BCUT2D eigenvalue weighted by molar-refractivity contribution is 5.51. The van der Waals surface area contributed by atoms with Gasteiger partial charge in [0.05, 0.1) is 5.69 Å². The van der Waals surface area contributed by atoms with Crippen molar-refractivity contribution >= 4 is 0 Å². The van der Waals surface area contributed by atoms with E-state index in [-0.39, 0.29) is 17.9 Å². The molecule has 0 saturated heterocycles. The summed E-state index contributed by atoms with van der Waals surface area (Å²) < 4.78 is 39.2. The Bertz CT molecular complexity index is 667. The van der Waals surface area contributed by atoms with Gasteiger partial charge in [0, 0.05) is 24.3 Å². The van der Waals surface area contributed by atoms with Crippen LogP contribution in [0.5, 0.6) is 0 Å². The summed E-state index contributed by atoms with van der Waals surface area (Å²) >= 11 is 0. The zero-order chi connectivity index (χ0) is 14.3. The fourth-order valence-electron chi connectivity index (χ4n) is 2.18. The Morgan fingerprint density at radius 2 is 1.90 bits per heavy atom. The molecule has 1 aliphatic heterocycles. The molecule has 3 heterocycles. The number of hydrogen-bond donors (Lipinski definition) is 1. The normalized spacial score (nSPS) is 14.4. The first-order valence-corrected chi connectivity index (χ1v) is 6.07. The van der Waals surface area contributed by atoms with Gasteiger partial charge in [-0.3, -0.25) is 0 Å². The van der Waals surface area contributed by atoms with Crippen LogP contribution in [0.25, 0.3) is 11.5 Å². The lowest BCUT2D eigenvalue weighted by atomic mass is 10.1. The molecule has 0 atom stereocenters. The molecule has 4 nitrogen and oxygen atoms in total. The van der Waals surface area contributed by atoms with Crippen LogP contribution in [0.15, 0.2) is 18.2 Å². The Morgan fingerprint density at radius 3 is 2.60 bits per heavy atom. The highest BCUT2D eigenvalue weighted by atomic mass is 19.4. The number of pyridine rings is 1. The van der Waals surface area contributed by atoms with Crippen LogP contribution in [-0.4, -0.2) is 15.0 Å². The predicted octanol–water partition coefficient (Wildman–Crippen LogP) is 2.47. The van der Waals surface area contributed by atoms with E-state index in [1.807, 2.05) is 0 Å². The standard InChI is InChI=1S/C13H11F3N4/c1-7-3-2-4-9(18-7)12-19-10-6-17-5-8(10)11(20-12)13(14,15)16/h2-4,17H,5-6H2,1H3. The largest absolute Gasteiger partial charge is 0.433 e. The van der Waals surface area contributed by atoms with Crippen molar-refractivity contribution in [2.24, 2.45) is 0 Å². The number of hydrogen-bond acceptors (Lipinski definition) is 4. The van der Waals surface area contributed by atoms with E-state index >= 15 is 0 Å². The Labute approximate surface area is 113 Å². The lowest BCUT2D eigenvalue weighted by Crippen LogP contribution is -2.14. The van der Waals surface area contributed by atoms with Crippen molar-refractivity contribution in [2.45, 2.75) is 26.2 Å². The zero-order valence-corrected chi connectivity index (χ0v) is 10.6. The Morgan fingerprint density at radius 1 is 1.10 bits per heavy atom. The number of halogens is 3. The second-order valence-electron chi connectivity index (χ2n) is 4.59. The van der Waals surface area contributed by atoms with Gasteiger partial charge in [0.25, 0.3) is 0 Å². The van der Waals surface area contributed by atoms with E-state index in [1.54, 1.807) is 25.1 Å². The lowest BCUT2D eigenvalue weighted by Gasteiger charge is -2.12. The van der Waals surface area contributed by atoms with Gasteiger partial charge in [-0.25, -0.2) is 15.0 Å². The third kappa shape index (κ3) is 2.24. The van der Waals surface area contributed by atoms with Crippen molar-refractivity contribution in [1.82, 2.24) is 20.3 Å². The maximum absolute atomic E-state index is 13.1. The number of fused-ring (bicyclic) bond motifs is 1. The van der Waals surface area contributed by atoms with E-state index < -0.39 is 11.9 Å². The van der Waals surface area contributed by atoms with Crippen LogP contribution in [0.3, 0.4) is 0 Å². The third-order valence-electron chi connectivity index (χ3n) is 3.07. The van der Waals surface area contributed by atoms with E-state index in [4.69, 9.17) is 0 Å². The van der Waals surface area contributed by atoms with Crippen LogP contribution in [0, 0.1) is 6.92 Å². The minimum atomic E-state index is -4.49. The number of rotatable bonds is 1. The third-order valence-corrected chi connectivity index (χ3v) is 3.07. The molecule has 0 unspecified atom stereocenters. The molecule has 0 spiro atoms. The summed E-state index contributed by atoms with van der Waals surface area (Å²) in [6.45, 7) is 2.23. The molecule has 0 aliphatic carbocycles. The highest BCUT2D eigenvalue weighted by Crippen LogP contribution is 2.34. The minimum Gasteiger partial charge on any atom is -0.307 e. The van der Waals surface area contributed by atoms with Gasteiger partial charge in [-0.2, -0.15) is 13.2 Å². The molecule has 0 fully saturated rings. The summed E-state index contributed by atoms with van der Waals surface area (Å²) in [5, 5.41) is 2.87. The first kappa shape index (κ1) is 13.0. The van der Waals surface area contributed by atoms with Crippen LogP contribution in [-0.2, 0) is 19.3 Å². The molecule has 0 saturated carbocycles. The molecule has 3 rings (SSSR count). The molecule has 0 aromatic carbocycles. The number of nitrogens with one attached hydrogen (secondary N) is 1. The van der Waals surface area contributed by atoms with Crippen molar-refractivity contribution in [1.29, 1.82) is 0 Å². The SMILES string of the molecule is Cc1cccc(-c2nc3c(c(C(F)(F)F)n2)CNC3)n1. The van der Waals surface area contributed by atoms with Gasteiger partial charge in [0.1, 0.15) is 5.69 Å². The van der Waals surface area contributed by atoms with Crippen LogP contribution >= 0.6 is 0 Å². The number of aromatic nitrogens is 3. The summed E-state index contributed by atoms with van der Waals surface area (Å²) in [7, 11) is 0. The van der Waals surface area contributed by atoms with Gasteiger partial charge < -0.3 is 5.32 Å². The van der Waals surface area contributed by atoms with Crippen LogP contribution < -0.4 is 5.32 Å². The molecule has 2 aromatic heterocycles. The van der Waals surface area contributed by atoms with Gasteiger partial charge in [0.15, 0.2) is 11.5 Å². The Hall–Kier alpha value is -2.02. The smallest absolute Gasteiger partial charge is 0.307 e. The molecule has 1 aliphatic rings. The first-order chi connectivity index (χ1) is 9.45. The maximum atomic E-state index is 13.1. The molecular formula is C13H11F3N4. The molecule has 0 amide bonds. The van der Waals surface area contributed by atoms with E-state index in [0.29, 0.717) is 23.6 Å². The fourth-order valence-corrected chi connectivity index (χ4v) is 2.18. The molecule has 7 heteroatoms. The van der Waals surface area contributed by atoms with E-state index in [2.05, 4.69) is 20.3 Å². The van der Waals surface area contributed by atoms with Crippen LogP contribution in [0.4, 0.5) is 13.2 Å². The second-order valence-corrected chi connectivity index (χ2v) is 4.59. The van der Waals surface area contributed by atoms with E-state index in [9.17, 15) is 13.2 Å². The predicted molar refractivity (Wildman–Crippen MR) is 65.5 cm³/mol. The number of aryl methyl sites for hydroxylation is 1. The molecule has 2 aromatic rings. The summed E-state index contributed by atoms with van der Waals surface area (Å²) in [4.78, 5) is 12.1. The van der Waals surface area contributed by atoms with E-state index in [0.717, 1.165) is 0 Å². The number of alkyl halides is 3. The summed E-state index contributed by atoms with van der Waals surface area (Å²) in [6, 6.07) is 5.10. The van der Waals surface area contributed by atoms with Crippen molar-refractivity contribution < 1.29 is 13.2 Å². The topological polar surface area (TPSA) is 50.7 Å². The second kappa shape index (κ2) is 4.52. The Kier molecular flexibility index (Phi) is 2.93. The van der Waals surface area contributed by atoms with Crippen LogP contribution in [0.2, 0.25) is 0 Å². The molecular weight excluding hydrogens is 269 g/mol. The molecule has 0 radical (unpaired) electrons. The van der Waals surface area contributed by atoms with Gasteiger partial charge in [-0.15, -0.1) is 0 Å². The first-order valence-electron chi connectivity index (χ1n) is 6.07. The monoisotopic (exact) mass is 280 g/mol. The van der Waals surface area contributed by atoms with Crippen molar-refractivity contribution in [3.8, 4) is 11.5 Å². The fraction of sp³-hybridized carbons (Fsp3) is 0.308. The van der Waals surface area contributed by atoms with Gasteiger partial charge >= 0.3 is 6.18 Å². The lowest BCUT2D eigenvalue weighted by molar-refractivity contribution is -0.141. The highest BCUT2D eigenvalue weighted by Gasteiger charge is 2.38. The maximum Gasteiger partial charge on any atom is 0.433 e. The quantitative estimate of drug-likeness (QED) is 0.872. The minimum absolute atomic E-state index is 0.0171. The van der Waals surface area contributed by atoms with Crippen molar-refractivity contribution in [3.05, 3.63) is 40.8 Å². The summed E-state index contributed by atoms with van der Waals surface area (Å²) in [5.74, 6) is 0.0171. The van der Waals surface area contributed by atoms with Gasteiger partial charge in [0.2, 0.25) is 0 Å². The molecule has 20 heavy (non-hydrogen) atoms. The average Bonchev–Trinajstić information content (AvgIpc) is 2.84. The van der Waals surface area contributed by atoms with Gasteiger partial charge in [-0.05, 0) is 19.1 Å². The summed E-state index contributed by atoms with van der Waals surface area (Å²) in [5.41, 5.74) is 0.717. The zero-order valence-electron chi connectivity index (χ0n) is 10.6. The number of nitrogens with zero attached hydrogens (tertiary/aromatic N) is 3. The molecule has 1 N–H and O–H groups in total. The van der Waals surface area contributed by atoms with E-state index in [1.165, 1.54) is 0 Å². The van der Waals surface area contributed by atoms with Crippen molar-refractivity contribution in [2.75, 3.05) is 0 Å². The average molecular weight is 280 g/mol. The van der Waals surface area contributed by atoms with Crippen molar-refractivity contribution in [3.63, 3.8) is 0 Å². The Balaban J connectivity index is 2.19. The van der Waals surface area contributed by atoms with Gasteiger partial charge in [-0.1, -0.05) is 6.07 Å². The van der Waals surface area contributed by atoms with Crippen LogP contribution in [0.1, 0.15) is 22.6 Å². The molecule has 104 valence electrons. The summed E-state index contributed by atoms with van der Waals surface area (Å²) in [6.07, 6.45) is -4.49. The molecule has 0 bridgehead atoms.